The van der Waals surface area contributed by atoms with Crippen molar-refractivity contribution in [3.63, 3.8) is 0 Å². The third kappa shape index (κ3) is 4.22. The van der Waals surface area contributed by atoms with Crippen LogP contribution >= 0.6 is 0 Å². The Morgan fingerprint density at radius 3 is 2.86 bits per heavy atom. The third-order valence-electron chi connectivity index (χ3n) is 4.36. The molecule has 1 amide bonds. The van der Waals surface area contributed by atoms with Crippen LogP contribution in [0.25, 0.3) is 0 Å². The molecule has 8 heteroatoms. The molecule has 28 heavy (non-hydrogen) atoms. The van der Waals surface area contributed by atoms with Crippen LogP contribution in [-0.4, -0.2) is 46.9 Å². The number of carbonyl (C=O) groups excluding carboxylic acids is 2. The number of pyridine rings is 1. The van der Waals surface area contributed by atoms with Crippen LogP contribution in [0.2, 0.25) is 0 Å². The lowest BCUT2D eigenvalue weighted by atomic mass is 10.1. The number of benzene rings is 1. The van der Waals surface area contributed by atoms with Crippen LogP contribution in [0.15, 0.2) is 36.4 Å². The Morgan fingerprint density at radius 1 is 1.29 bits per heavy atom. The van der Waals surface area contributed by atoms with Crippen LogP contribution < -0.4 is 10.1 Å². The molecule has 144 valence electrons. The summed E-state index contributed by atoms with van der Waals surface area (Å²) in [6.45, 7) is 2.29. The van der Waals surface area contributed by atoms with Gasteiger partial charge in [-0.1, -0.05) is 12.1 Å². The van der Waals surface area contributed by atoms with Gasteiger partial charge in [0.2, 0.25) is 0 Å². The van der Waals surface area contributed by atoms with Crippen LogP contribution in [0.5, 0.6) is 5.75 Å². The van der Waals surface area contributed by atoms with Crippen molar-refractivity contribution in [1.29, 1.82) is 10.8 Å². The quantitative estimate of drug-likeness (QED) is 0.421. The van der Waals surface area contributed by atoms with Gasteiger partial charge in [0.25, 0.3) is 5.91 Å². The number of hydrogen-bond acceptors (Lipinski definition) is 6. The van der Waals surface area contributed by atoms with Gasteiger partial charge in [0.15, 0.2) is 11.6 Å². The first-order valence-electron chi connectivity index (χ1n) is 8.92. The first kappa shape index (κ1) is 19.2. The molecule has 0 aliphatic carbocycles. The molecule has 1 aromatic heterocycles. The van der Waals surface area contributed by atoms with Crippen molar-refractivity contribution in [3.8, 4) is 5.75 Å². The second-order valence-corrected chi connectivity index (χ2v) is 6.36. The van der Waals surface area contributed by atoms with Crippen molar-refractivity contribution in [2.75, 3.05) is 18.5 Å². The molecule has 2 aromatic rings. The van der Waals surface area contributed by atoms with Gasteiger partial charge in [0.05, 0.1) is 18.5 Å². The number of rotatable bonds is 2. The van der Waals surface area contributed by atoms with Crippen molar-refractivity contribution in [3.05, 3.63) is 53.2 Å². The van der Waals surface area contributed by atoms with Crippen LogP contribution in [0.1, 0.15) is 46.2 Å². The second kappa shape index (κ2) is 8.43. The average Bonchev–Trinajstić information content (AvgIpc) is 2.69. The molecule has 1 aromatic carbocycles. The summed E-state index contributed by atoms with van der Waals surface area (Å²) in [5.41, 5.74) is 1.14. The molecule has 0 radical (unpaired) electrons. The fourth-order valence-corrected chi connectivity index (χ4v) is 2.82. The Kier molecular flexibility index (Phi) is 5.78. The van der Waals surface area contributed by atoms with Gasteiger partial charge in [-0.15, -0.1) is 0 Å². The van der Waals surface area contributed by atoms with Gasteiger partial charge >= 0.3 is 0 Å². The molecule has 0 fully saturated rings. The number of anilines is 1. The molecule has 1 aliphatic heterocycles. The number of amides is 1. The minimum Gasteiger partial charge on any atom is -0.493 e. The molecule has 8 nitrogen and oxygen atoms in total. The topological polar surface area (TPSA) is 119 Å². The number of hydrogen-bond donors (Lipinski definition) is 3. The first-order valence-corrected chi connectivity index (χ1v) is 8.92. The maximum atomic E-state index is 12.7. The zero-order chi connectivity index (χ0) is 20.1. The molecule has 0 atom stereocenters. The van der Waals surface area contributed by atoms with Crippen molar-refractivity contribution in [2.24, 2.45) is 0 Å². The van der Waals surface area contributed by atoms with Gasteiger partial charge in [0, 0.05) is 12.1 Å². The zero-order valence-electron chi connectivity index (χ0n) is 15.5. The highest BCUT2D eigenvalue weighted by Crippen LogP contribution is 2.23. The third-order valence-corrected chi connectivity index (χ3v) is 4.36. The highest BCUT2D eigenvalue weighted by Gasteiger charge is 2.18. The number of nitrogens with one attached hydrogen (secondary N) is 3. The van der Waals surface area contributed by atoms with Gasteiger partial charge in [-0.2, -0.15) is 0 Å². The molecule has 1 aliphatic rings. The summed E-state index contributed by atoms with van der Waals surface area (Å²) in [6.07, 6.45) is 2.44. The lowest BCUT2D eigenvalue weighted by molar-refractivity contribution is 0.100. The number of carbonyl (C=O) groups is 2. The molecule has 2 bridgehead atoms. The summed E-state index contributed by atoms with van der Waals surface area (Å²) in [5.74, 6) is 0.199. The Labute approximate surface area is 162 Å². The predicted molar refractivity (Wildman–Crippen MR) is 106 cm³/mol. The van der Waals surface area contributed by atoms with Gasteiger partial charge in [-0.05, 0) is 44.0 Å². The summed E-state index contributed by atoms with van der Waals surface area (Å²) in [6, 6.07) is 9.71. The highest BCUT2D eigenvalue weighted by molar-refractivity contribution is 6.07. The SMILES string of the molecule is CC(=O)c1ccc2c(c1)OCCCCN(C=N)C(=N)c1cccc(n1)NC2=O. The number of aromatic nitrogens is 1. The van der Waals surface area contributed by atoms with E-state index in [9.17, 15) is 9.59 Å². The minimum absolute atomic E-state index is 0.0931. The molecule has 0 saturated heterocycles. The van der Waals surface area contributed by atoms with Crippen LogP contribution in [0, 0.1) is 10.8 Å². The van der Waals surface area contributed by atoms with E-state index in [0.717, 1.165) is 6.34 Å². The monoisotopic (exact) mass is 379 g/mol. The summed E-state index contributed by atoms with van der Waals surface area (Å²) in [7, 11) is 0. The van der Waals surface area contributed by atoms with E-state index in [1.807, 2.05) is 0 Å². The van der Waals surface area contributed by atoms with E-state index in [4.69, 9.17) is 15.6 Å². The minimum atomic E-state index is -0.415. The largest absolute Gasteiger partial charge is 0.493 e. The molecule has 0 spiro atoms. The number of ether oxygens (including phenoxy) is 1. The summed E-state index contributed by atoms with van der Waals surface area (Å²) < 4.78 is 5.78. The molecular weight excluding hydrogens is 358 g/mol. The molecule has 3 rings (SSSR count). The van der Waals surface area contributed by atoms with E-state index in [1.54, 1.807) is 36.4 Å². The van der Waals surface area contributed by atoms with E-state index in [-0.39, 0.29) is 17.4 Å². The number of fused-ring (bicyclic) bond motifs is 3. The fraction of sp³-hybridized carbons (Fsp3) is 0.250. The van der Waals surface area contributed by atoms with E-state index < -0.39 is 5.91 Å². The number of ketones is 1. The molecule has 3 N–H and O–H groups in total. The van der Waals surface area contributed by atoms with Crippen molar-refractivity contribution >= 4 is 29.7 Å². The van der Waals surface area contributed by atoms with Gasteiger partial charge in [-0.25, -0.2) is 4.98 Å². The van der Waals surface area contributed by atoms with Crippen LogP contribution in [0.4, 0.5) is 5.82 Å². The van der Waals surface area contributed by atoms with Gasteiger partial charge in [0.1, 0.15) is 17.3 Å². The van der Waals surface area contributed by atoms with Gasteiger partial charge in [-0.3, -0.25) is 20.4 Å². The lowest BCUT2D eigenvalue weighted by Gasteiger charge is -2.20. The zero-order valence-corrected chi connectivity index (χ0v) is 15.5. The number of amidine groups is 1. The van der Waals surface area contributed by atoms with E-state index in [0.29, 0.717) is 48.6 Å². The Balaban J connectivity index is 1.99. The van der Waals surface area contributed by atoms with Crippen molar-refractivity contribution in [2.45, 2.75) is 19.8 Å². The lowest BCUT2D eigenvalue weighted by Crippen LogP contribution is -2.31. The molecule has 2 heterocycles. The molecule has 0 saturated carbocycles. The first-order chi connectivity index (χ1) is 13.5. The second-order valence-electron chi connectivity index (χ2n) is 6.36. The summed E-state index contributed by atoms with van der Waals surface area (Å²) in [5, 5.41) is 18.5. The Hall–Kier alpha value is -3.55. The maximum Gasteiger partial charge on any atom is 0.260 e. The standard InChI is InChI=1S/C20H21N5O3/c1-13(26)14-7-8-15-17(11-14)28-10-3-2-9-25(12-21)19(22)16-5-4-6-18(23-16)24-20(15)27/h4-8,11-12,21-22H,2-3,9-10H2,1H3,(H,23,24,27). The summed E-state index contributed by atoms with van der Waals surface area (Å²) >= 11 is 0. The van der Waals surface area contributed by atoms with Gasteiger partial charge < -0.3 is 15.0 Å². The summed E-state index contributed by atoms with van der Waals surface area (Å²) in [4.78, 5) is 30.2. The smallest absolute Gasteiger partial charge is 0.260 e. The van der Waals surface area contributed by atoms with E-state index >= 15 is 0 Å². The highest BCUT2D eigenvalue weighted by atomic mass is 16.5. The fourth-order valence-electron chi connectivity index (χ4n) is 2.82. The van der Waals surface area contributed by atoms with Crippen molar-refractivity contribution in [1.82, 2.24) is 9.88 Å². The average molecular weight is 379 g/mol. The van der Waals surface area contributed by atoms with Crippen LogP contribution in [0.3, 0.4) is 0 Å². The molecular formula is C20H21N5O3. The van der Waals surface area contributed by atoms with Crippen LogP contribution in [-0.2, 0) is 0 Å². The predicted octanol–water partition coefficient (Wildman–Crippen LogP) is 2.94. The van der Waals surface area contributed by atoms with Crippen molar-refractivity contribution < 1.29 is 14.3 Å². The Bertz CT molecular complexity index is 941. The van der Waals surface area contributed by atoms with E-state index in [2.05, 4.69) is 10.3 Å². The maximum absolute atomic E-state index is 12.7. The number of Topliss-reactive ketones (excluding diaryl/α,β-unsaturated/α-hetero) is 1. The normalized spacial score (nSPS) is 15.0. The number of nitrogens with zero attached hydrogens (tertiary/aromatic N) is 2. The Morgan fingerprint density at radius 2 is 2.11 bits per heavy atom. The molecule has 0 unspecified atom stereocenters. The van der Waals surface area contributed by atoms with E-state index in [1.165, 1.54) is 11.8 Å².